The van der Waals surface area contributed by atoms with Crippen molar-refractivity contribution in [1.29, 1.82) is 0 Å². The minimum Gasteiger partial charge on any atom is -0.508 e. The maximum Gasteiger partial charge on any atom is 0.242 e. The second-order valence-electron chi connectivity index (χ2n) is 5.69. The van der Waals surface area contributed by atoms with E-state index < -0.39 is 18.0 Å². The maximum atomic E-state index is 12.5. The van der Waals surface area contributed by atoms with E-state index in [0.717, 1.165) is 0 Å². The highest BCUT2D eigenvalue weighted by molar-refractivity contribution is 6.04. The lowest BCUT2D eigenvalue weighted by molar-refractivity contribution is -0.148. The van der Waals surface area contributed by atoms with Crippen molar-refractivity contribution in [3.63, 3.8) is 0 Å². The van der Waals surface area contributed by atoms with Crippen LogP contribution in [-0.2, 0) is 5.79 Å². The number of Topliss-reactive ketones (excluding diaryl/α,β-unsaturated/α-hetero) is 1. The maximum absolute atomic E-state index is 12.5. The van der Waals surface area contributed by atoms with Crippen LogP contribution in [0, 0.1) is 13.8 Å². The van der Waals surface area contributed by atoms with Crippen LogP contribution in [0.5, 0.6) is 23.0 Å². The van der Waals surface area contributed by atoms with Crippen molar-refractivity contribution in [2.75, 3.05) is 0 Å². The molecule has 0 saturated heterocycles. The van der Waals surface area contributed by atoms with E-state index in [0.29, 0.717) is 0 Å². The second-order valence-corrected chi connectivity index (χ2v) is 5.69. The smallest absolute Gasteiger partial charge is 0.242 e. The van der Waals surface area contributed by atoms with Crippen LogP contribution in [0.3, 0.4) is 0 Å². The molecule has 0 saturated carbocycles. The Morgan fingerprint density at radius 2 is 1.78 bits per heavy atom. The van der Waals surface area contributed by atoms with Gasteiger partial charge in [0.2, 0.25) is 5.79 Å². The molecule has 2 aromatic rings. The number of hydrogen-bond acceptors (Lipinski definition) is 6. The van der Waals surface area contributed by atoms with E-state index in [1.807, 2.05) is 0 Å². The fourth-order valence-corrected chi connectivity index (χ4v) is 2.79. The molecular formula is C17H16O6. The Morgan fingerprint density at radius 1 is 1.09 bits per heavy atom. The number of phenols is 3. The summed E-state index contributed by atoms with van der Waals surface area (Å²) in [7, 11) is 0. The summed E-state index contributed by atoms with van der Waals surface area (Å²) in [4.78, 5) is 12.5. The molecule has 1 aliphatic rings. The number of aromatic hydroxyl groups is 3. The normalized spacial score (nSPS) is 20.0. The highest BCUT2D eigenvalue weighted by Crippen LogP contribution is 2.48. The van der Waals surface area contributed by atoms with Crippen molar-refractivity contribution < 1.29 is 30.0 Å². The van der Waals surface area contributed by atoms with Gasteiger partial charge in [-0.3, -0.25) is 4.79 Å². The van der Waals surface area contributed by atoms with Gasteiger partial charge in [-0.05, 0) is 26.0 Å². The van der Waals surface area contributed by atoms with Crippen LogP contribution in [0.4, 0.5) is 0 Å². The first-order valence-corrected chi connectivity index (χ1v) is 7.04. The van der Waals surface area contributed by atoms with Crippen molar-refractivity contribution in [1.82, 2.24) is 0 Å². The fraction of sp³-hybridized carbons (Fsp3) is 0.235. The predicted octanol–water partition coefficient (Wildman–Crippen LogP) is 2.23. The van der Waals surface area contributed by atoms with Gasteiger partial charge in [-0.2, -0.15) is 0 Å². The molecule has 0 aliphatic carbocycles. The van der Waals surface area contributed by atoms with Gasteiger partial charge in [0.15, 0.2) is 5.78 Å². The highest BCUT2D eigenvalue weighted by Gasteiger charge is 2.43. The average molecular weight is 316 g/mol. The second kappa shape index (κ2) is 4.89. The van der Waals surface area contributed by atoms with Crippen LogP contribution < -0.4 is 4.74 Å². The number of ketones is 1. The molecule has 0 unspecified atom stereocenters. The lowest BCUT2D eigenvalue weighted by Gasteiger charge is -2.35. The van der Waals surface area contributed by atoms with Gasteiger partial charge in [-0.1, -0.05) is 12.1 Å². The molecule has 6 nitrogen and oxygen atoms in total. The third kappa shape index (κ3) is 2.19. The number of carbonyl (C=O) groups is 1. The van der Waals surface area contributed by atoms with Crippen LogP contribution in [0.1, 0.15) is 33.5 Å². The quantitative estimate of drug-likeness (QED) is 0.643. The Morgan fingerprint density at radius 3 is 2.43 bits per heavy atom. The Kier molecular flexibility index (Phi) is 3.23. The largest absolute Gasteiger partial charge is 0.508 e. The van der Waals surface area contributed by atoms with E-state index in [-0.39, 0.29) is 45.3 Å². The molecule has 1 heterocycles. The molecule has 23 heavy (non-hydrogen) atoms. The molecular weight excluding hydrogens is 300 g/mol. The van der Waals surface area contributed by atoms with Crippen molar-refractivity contribution in [3.8, 4) is 23.0 Å². The lowest BCUT2D eigenvalue weighted by Crippen LogP contribution is -2.39. The number of hydrogen-bond donors (Lipinski definition) is 4. The van der Waals surface area contributed by atoms with Crippen LogP contribution in [0.25, 0.3) is 0 Å². The molecule has 3 rings (SSSR count). The highest BCUT2D eigenvalue weighted by atomic mass is 16.6. The zero-order valence-electron chi connectivity index (χ0n) is 12.6. The molecule has 0 radical (unpaired) electrons. The average Bonchev–Trinajstić information content (AvgIpc) is 2.50. The Bertz CT molecular complexity index is 826. The molecule has 6 heteroatoms. The minimum atomic E-state index is -1.98. The SMILES string of the molecule is Cc1c(O)c(C)c2c(c1O)C(=O)C[C@@](O)(c1cccc(O)c1)O2. The standard InChI is InChI=1S/C17H16O6/c1-8-14(20)9(2)16-13(15(8)21)12(19)7-17(22,23-16)10-4-3-5-11(18)6-10/h3-6,18,20-22H,7H2,1-2H3/t17-/m0/s1. The van der Waals surface area contributed by atoms with Gasteiger partial charge in [0.1, 0.15) is 28.6 Å². The minimum absolute atomic E-state index is 0.0531. The summed E-state index contributed by atoms with van der Waals surface area (Å²) in [5, 5.41) is 40.5. The molecule has 0 fully saturated rings. The first-order valence-electron chi connectivity index (χ1n) is 7.04. The monoisotopic (exact) mass is 316 g/mol. The van der Waals surface area contributed by atoms with E-state index in [4.69, 9.17) is 4.74 Å². The third-order valence-electron chi connectivity index (χ3n) is 4.12. The van der Waals surface area contributed by atoms with Crippen molar-refractivity contribution in [2.24, 2.45) is 0 Å². The van der Waals surface area contributed by atoms with Gasteiger partial charge in [0.05, 0.1) is 6.42 Å². The van der Waals surface area contributed by atoms with E-state index in [9.17, 15) is 25.2 Å². The third-order valence-corrected chi connectivity index (χ3v) is 4.12. The first kappa shape index (κ1) is 15.2. The van der Waals surface area contributed by atoms with E-state index in [1.54, 1.807) is 0 Å². The first-order chi connectivity index (χ1) is 10.7. The summed E-state index contributed by atoms with van der Waals surface area (Å²) < 4.78 is 5.58. The van der Waals surface area contributed by atoms with Crippen LogP contribution in [-0.4, -0.2) is 26.2 Å². The zero-order valence-corrected chi connectivity index (χ0v) is 12.6. The van der Waals surface area contributed by atoms with Gasteiger partial charge in [-0.25, -0.2) is 0 Å². The molecule has 1 atom stereocenters. The summed E-state index contributed by atoms with van der Waals surface area (Å²) in [5.41, 5.74) is 0.584. The van der Waals surface area contributed by atoms with Crippen LogP contribution in [0.2, 0.25) is 0 Å². The van der Waals surface area contributed by atoms with Crippen molar-refractivity contribution in [3.05, 3.63) is 46.5 Å². The molecule has 2 aromatic carbocycles. The van der Waals surface area contributed by atoms with Gasteiger partial charge < -0.3 is 25.2 Å². The number of benzene rings is 2. The Labute approximate surface area is 132 Å². The molecule has 120 valence electrons. The predicted molar refractivity (Wildman–Crippen MR) is 80.8 cm³/mol. The van der Waals surface area contributed by atoms with Gasteiger partial charge in [0, 0.05) is 16.7 Å². The van der Waals surface area contributed by atoms with Gasteiger partial charge >= 0.3 is 0 Å². The molecule has 0 amide bonds. The number of rotatable bonds is 1. The number of carbonyl (C=O) groups excluding carboxylic acids is 1. The topological polar surface area (TPSA) is 107 Å². The van der Waals surface area contributed by atoms with Crippen molar-refractivity contribution >= 4 is 5.78 Å². The zero-order chi connectivity index (χ0) is 16.9. The van der Waals surface area contributed by atoms with Gasteiger partial charge in [-0.15, -0.1) is 0 Å². The summed E-state index contributed by atoms with van der Waals surface area (Å²) in [5.74, 6) is -3.19. The summed E-state index contributed by atoms with van der Waals surface area (Å²) in [6.45, 7) is 3.02. The van der Waals surface area contributed by atoms with E-state index in [2.05, 4.69) is 0 Å². The number of phenolic OH excluding ortho intramolecular Hbond substituents is 3. The molecule has 0 bridgehead atoms. The number of fused-ring (bicyclic) bond motifs is 1. The molecule has 1 aliphatic heterocycles. The summed E-state index contributed by atoms with van der Waals surface area (Å²) >= 11 is 0. The lowest BCUT2D eigenvalue weighted by atomic mass is 9.89. The van der Waals surface area contributed by atoms with Crippen LogP contribution in [0.15, 0.2) is 24.3 Å². The summed E-state index contributed by atoms with van der Waals surface area (Å²) in [6.07, 6.45) is -0.416. The number of ether oxygens (including phenoxy) is 1. The number of aliphatic hydroxyl groups is 1. The van der Waals surface area contributed by atoms with E-state index >= 15 is 0 Å². The van der Waals surface area contributed by atoms with Gasteiger partial charge in [0.25, 0.3) is 0 Å². The van der Waals surface area contributed by atoms with Crippen molar-refractivity contribution in [2.45, 2.75) is 26.1 Å². The molecule has 0 spiro atoms. The fourth-order valence-electron chi connectivity index (χ4n) is 2.79. The molecule has 4 N–H and O–H groups in total. The Balaban J connectivity index is 2.20. The Hall–Kier alpha value is -2.73. The van der Waals surface area contributed by atoms with Crippen LogP contribution >= 0.6 is 0 Å². The summed E-state index contributed by atoms with van der Waals surface area (Å²) in [6, 6.07) is 5.75. The van der Waals surface area contributed by atoms with E-state index in [1.165, 1.54) is 38.1 Å². The molecule has 0 aromatic heterocycles.